The van der Waals surface area contributed by atoms with Gasteiger partial charge in [-0.05, 0) is 12.1 Å². The minimum absolute atomic E-state index is 0.104. The summed E-state index contributed by atoms with van der Waals surface area (Å²) in [5.74, 6) is -0.587. The van der Waals surface area contributed by atoms with Crippen molar-refractivity contribution in [1.82, 2.24) is 4.98 Å². The largest absolute Gasteiger partial charge is 0.417 e. The summed E-state index contributed by atoms with van der Waals surface area (Å²) in [4.78, 5) is 17.3. The number of fused-ring (bicyclic) bond motifs is 1. The van der Waals surface area contributed by atoms with Gasteiger partial charge in [0.2, 0.25) is 0 Å². The van der Waals surface area contributed by atoms with E-state index in [1.165, 1.54) is 4.90 Å². The number of alkyl halides is 3. The van der Waals surface area contributed by atoms with Gasteiger partial charge in [0.25, 0.3) is 5.91 Å². The first-order valence-corrected chi connectivity index (χ1v) is 7.05. The van der Waals surface area contributed by atoms with Crippen LogP contribution in [-0.4, -0.2) is 21.8 Å². The van der Waals surface area contributed by atoms with Gasteiger partial charge in [-0.3, -0.25) is 9.78 Å². The maximum Gasteiger partial charge on any atom is 0.417 e. The second-order valence-corrected chi connectivity index (χ2v) is 5.41. The van der Waals surface area contributed by atoms with Crippen molar-refractivity contribution in [3.05, 3.63) is 58.4 Å². The predicted molar refractivity (Wildman–Crippen MR) is 80.2 cm³/mol. The highest BCUT2D eigenvalue weighted by atomic mass is 35.5. The highest BCUT2D eigenvalue weighted by Gasteiger charge is 2.36. The predicted octanol–water partition coefficient (Wildman–Crippen LogP) is 3.48. The van der Waals surface area contributed by atoms with Crippen LogP contribution in [0.2, 0.25) is 5.02 Å². The summed E-state index contributed by atoms with van der Waals surface area (Å²) < 4.78 is 38.0. The van der Waals surface area contributed by atoms with Gasteiger partial charge in [0.05, 0.1) is 28.5 Å². The SMILES string of the molecule is O=C1/C(=N\O)c2ccccc2N1Cc1ncc(C(F)(F)F)cc1Cl. The number of carbonyl (C=O) groups is 1. The van der Waals surface area contributed by atoms with E-state index < -0.39 is 17.6 Å². The minimum Gasteiger partial charge on any atom is -0.410 e. The molecule has 1 aromatic heterocycles. The summed E-state index contributed by atoms with van der Waals surface area (Å²) in [7, 11) is 0. The first kappa shape index (κ1) is 16.3. The number of nitrogens with zero attached hydrogens (tertiary/aromatic N) is 3. The zero-order valence-corrected chi connectivity index (χ0v) is 12.6. The molecule has 0 bridgehead atoms. The number of pyridine rings is 1. The fraction of sp³-hybridized carbons (Fsp3) is 0.133. The van der Waals surface area contributed by atoms with E-state index in [1.54, 1.807) is 24.3 Å². The van der Waals surface area contributed by atoms with Crippen molar-refractivity contribution in [2.24, 2.45) is 5.16 Å². The van der Waals surface area contributed by atoms with Crippen molar-refractivity contribution in [1.29, 1.82) is 0 Å². The molecule has 0 fully saturated rings. The van der Waals surface area contributed by atoms with Crippen molar-refractivity contribution < 1.29 is 23.2 Å². The molecule has 1 N–H and O–H groups in total. The molecule has 3 rings (SSSR count). The van der Waals surface area contributed by atoms with Crippen LogP contribution in [0.1, 0.15) is 16.8 Å². The first-order valence-electron chi connectivity index (χ1n) is 6.68. The molecule has 0 atom stereocenters. The van der Waals surface area contributed by atoms with Gasteiger partial charge in [-0.1, -0.05) is 35.0 Å². The van der Waals surface area contributed by atoms with Crippen molar-refractivity contribution in [2.75, 3.05) is 4.90 Å². The van der Waals surface area contributed by atoms with Crippen LogP contribution in [0.4, 0.5) is 18.9 Å². The maximum absolute atomic E-state index is 12.7. The summed E-state index contributed by atoms with van der Waals surface area (Å²) in [5.41, 5.74) is -0.122. The lowest BCUT2D eigenvalue weighted by molar-refractivity contribution is -0.137. The van der Waals surface area contributed by atoms with Crippen LogP contribution in [0.25, 0.3) is 0 Å². The van der Waals surface area contributed by atoms with Crippen LogP contribution in [0.3, 0.4) is 0 Å². The van der Waals surface area contributed by atoms with Crippen LogP contribution in [0.5, 0.6) is 0 Å². The van der Waals surface area contributed by atoms with Gasteiger partial charge in [-0.25, -0.2) is 0 Å². The van der Waals surface area contributed by atoms with Gasteiger partial charge in [0.1, 0.15) is 0 Å². The number of para-hydroxylation sites is 1. The molecule has 0 aliphatic carbocycles. The smallest absolute Gasteiger partial charge is 0.410 e. The molecule has 0 spiro atoms. The number of hydrogen-bond donors (Lipinski definition) is 1. The highest BCUT2D eigenvalue weighted by molar-refractivity contribution is 6.54. The molecule has 1 amide bonds. The molecule has 1 aliphatic heterocycles. The van der Waals surface area contributed by atoms with E-state index in [2.05, 4.69) is 10.1 Å². The summed E-state index contributed by atoms with van der Waals surface area (Å²) in [5, 5.41) is 11.8. The van der Waals surface area contributed by atoms with Crippen LogP contribution >= 0.6 is 11.6 Å². The number of carbonyl (C=O) groups excluding carboxylic acids is 1. The number of rotatable bonds is 2. The van der Waals surface area contributed by atoms with Crippen molar-refractivity contribution >= 4 is 28.9 Å². The Morgan fingerprint density at radius 2 is 2.00 bits per heavy atom. The number of anilines is 1. The Morgan fingerprint density at radius 1 is 1.29 bits per heavy atom. The van der Waals surface area contributed by atoms with Crippen molar-refractivity contribution in [3.63, 3.8) is 0 Å². The van der Waals surface area contributed by atoms with E-state index in [9.17, 15) is 18.0 Å². The van der Waals surface area contributed by atoms with Crippen LogP contribution in [0, 0.1) is 0 Å². The third-order valence-electron chi connectivity index (χ3n) is 3.55. The van der Waals surface area contributed by atoms with Gasteiger partial charge in [-0.2, -0.15) is 13.2 Å². The zero-order chi connectivity index (χ0) is 17.5. The lowest BCUT2D eigenvalue weighted by Crippen LogP contribution is -2.30. The number of hydrogen-bond acceptors (Lipinski definition) is 4. The quantitative estimate of drug-likeness (QED) is 0.662. The molecule has 0 unspecified atom stereocenters. The lowest BCUT2D eigenvalue weighted by atomic mass is 10.1. The zero-order valence-electron chi connectivity index (χ0n) is 11.9. The summed E-state index contributed by atoms with van der Waals surface area (Å²) in [6.45, 7) is -0.147. The molecule has 24 heavy (non-hydrogen) atoms. The average molecular weight is 356 g/mol. The van der Waals surface area contributed by atoms with Gasteiger partial charge in [0.15, 0.2) is 5.71 Å². The molecule has 1 aliphatic rings. The van der Waals surface area contributed by atoms with Crippen molar-refractivity contribution in [3.8, 4) is 0 Å². The lowest BCUT2D eigenvalue weighted by Gasteiger charge is -2.17. The molecule has 5 nitrogen and oxygen atoms in total. The monoisotopic (exact) mass is 355 g/mol. The molecular formula is C15H9ClF3N3O2. The van der Waals surface area contributed by atoms with E-state index >= 15 is 0 Å². The number of benzene rings is 1. The van der Waals surface area contributed by atoms with Gasteiger partial charge < -0.3 is 10.1 Å². The van der Waals surface area contributed by atoms with Crippen molar-refractivity contribution in [2.45, 2.75) is 12.7 Å². The second kappa shape index (κ2) is 5.79. The van der Waals surface area contributed by atoms with E-state index in [-0.39, 0.29) is 23.0 Å². The van der Waals surface area contributed by atoms with Gasteiger partial charge >= 0.3 is 6.18 Å². The summed E-state index contributed by atoms with van der Waals surface area (Å²) in [6.07, 6.45) is -3.89. The fourth-order valence-corrected chi connectivity index (χ4v) is 2.63. The molecule has 1 aromatic carbocycles. The van der Waals surface area contributed by atoms with Crippen LogP contribution in [0.15, 0.2) is 41.7 Å². The summed E-state index contributed by atoms with van der Waals surface area (Å²) >= 11 is 5.88. The molecule has 0 saturated carbocycles. The molecule has 2 aromatic rings. The molecule has 2 heterocycles. The third-order valence-corrected chi connectivity index (χ3v) is 3.88. The Morgan fingerprint density at radius 3 is 2.62 bits per heavy atom. The molecule has 9 heteroatoms. The third kappa shape index (κ3) is 2.69. The Labute approximate surface area is 139 Å². The van der Waals surface area contributed by atoms with E-state index in [0.29, 0.717) is 17.4 Å². The maximum atomic E-state index is 12.7. The Kier molecular flexibility index (Phi) is 3.92. The molecule has 0 radical (unpaired) electrons. The van der Waals surface area contributed by atoms with E-state index in [4.69, 9.17) is 16.8 Å². The van der Waals surface area contributed by atoms with E-state index in [1.807, 2.05) is 0 Å². The summed E-state index contributed by atoms with van der Waals surface area (Å²) in [6, 6.07) is 7.34. The molecule has 124 valence electrons. The second-order valence-electron chi connectivity index (χ2n) is 5.01. The van der Waals surface area contributed by atoms with Gasteiger partial charge in [-0.15, -0.1) is 0 Å². The number of amides is 1. The Hall–Kier alpha value is -2.61. The minimum atomic E-state index is -4.55. The topological polar surface area (TPSA) is 65.8 Å². The highest BCUT2D eigenvalue weighted by Crippen LogP contribution is 2.34. The first-order chi connectivity index (χ1) is 11.3. The fourth-order valence-electron chi connectivity index (χ4n) is 2.40. The number of halogens is 4. The Balaban J connectivity index is 1.96. The normalized spacial score (nSPS) is 15.9. The number of aromatic nitrogens is 1. The number of oxime groups is 1. The van der Waals surface area contributed by atoms with E-state index in [0.717, 1.165) is 6.07 Å². The average Bonchev–Trinajstić information content (AvgIpc) is 2.80. The van der Waals surface area contributed by atoms with Crippen LogP contribution in [-0.2, 0) is 17.5 Å². The standard InChI is InChI=1S/C15H9ClF3N3O2/c16-10-5-8(15(17,18)19)6-20-11(10)7-22-12-4-2-1-3-9(12)13(21-24)14(22)23/h1-6,24H,7H2/b21-13-. The van der Waals surface area contributed by atoms with Crippen LogP contribution < -0.4 is 4.90 Å². The molecular weight excluding hydrogens is 347 g/mol. The Bertz CT molecular complexity index is 852. The molecule has 0 saturated heterocycles. The van der Waals surface area contributed by atoms with Gasteiger partial charge in [0, 0.05) is 11.8 Å².